The maximum Gasteiger partial charge on any atom is 0.173 e. The lowest BCUT2D eigenvalue weighted by Crippen LogP contribution is -2.64. The topological polar surface area (TPSA) is 58.6 Å². The second kappa shape index (κ2) is 6.73. The molecule has 4 heteroatoms. The van der Waals surface area contributed by atoms with Crippen LogP contribution in [0.15, 0.2) is 24.8 Å². The first kappa shape index (κ1) is 19.0. The fourth-order valence-corrected chi connectivity index (χ4v) is 5.46. The van der Waals surface area contributed by atoms with Crippen LogP contribution >= 0.6 is 0 Å². The smallest absolute Gasteiger partial charge is 0.173 e. The van der Waals surface area contributed by atoms with Gasteiger partial charge in [0.1, 0.15) is 0 Å². The predicted molar refractivity (Wildman–Crippen MR) is 104 cm³/mol. The van der Waals surface area contributed by atoms with Crippen LogP contribution in [-0.4, -0.2) is 29.6 Å². The Morgan fingerprint density at radius 1 is 1.38 bits per heavy atom. The largest absolute Gasteiger partial charge is 0.504 e. The van der Waals surface area contributed by atoms with Crippen molar-refractivity contribution in [3.63, 3.8) is 0 Å². The number of phenolic OH excluding ortho intramolecular Hbond substituents is 1. The van der Waals surface area contributed by atoms with Crippen LogP contribution in [0.1, 0.15) is 58.1 Å². The van der Waals surface area contributed by atoms with Crippen molar-refractivity contribution in [2.45, 2.75) is 70.9 Å². The van der Waals surface area contributed by atoms with Crippen LogP contribution in [0.4, 0.5) is 0 Å². The molecule has 4 atom stereocenters. The molecule has 2 N–H and O–H groups in total. The number of phenols is 1. The number of benzene rings is 1. The molecular formula is C22H31NO3. The molecule has 1 aromatic rings. The summed E-state index contributed by atoms with van der Waals surface area (Å²) in [6, 6.07) is 3.91. The molecule has 0 spiro atoms. The van der Waals surface area contributed by atoms with Gasteiger partial charge in [-0.2, -0.15) is 0 Å². The summed E-state index contributed by atoms with van der Waals surface area (Å²) in [4.78, 5) is 12.9. The molecule has 0 saturated carbocycles. The minimum Gasteiger partial charge on any atom is -0.504 e. The van der Waals surface area contributed by atoms with Gasteiger partial charge in [0.15, 0.2) is 23.4 Å². The van der Waals surface area contributed by atoms with Gasteiger partial charge < -0.3 is 15.2 Å². The van der Waals surface area contributed by atoms with Crippen LogP contribution in [0.25, 0.3) is 0 Å². The summed E-state index contributed by atoms with van der Waals surface area (Å²) >= 11 is 0. The van der Waals surface area contributed by atoms with Crippen LogP contribution in [0, 0.1) is 5.41 Å². The van der Waals surface area contributed by atoms with E-state index in [2.05, 4.69) is 32.7 Å². The number of nitrogens with one attached hydrogen (secondary N) is 1. The molecule has 1 aliphatic heterocycles. The first-order valence-corrected chi connectivity index (χ1v) is 9.80. The van der Waals surface area contributed by atoms with Gasteiger partial charge in [-0.05, 0) is 36.3 Å². The van der Waals surface area contributed by atoms with E-state index in [1.54, 1.807) is 6.07 Å². The lowest BCUT2D eigenvalue weighted by atomic mass is 9.48. The highest BCUT2D eigenvalue weighted by molar-refractivity contribution is 5.87. The molecule has 0 amide bonds. The lowest BCUT2D eigenvalue weighted by Gasteiger charge is -2.55. The van der Waals surface area contributed by atoms with Gasteiger partial charge in [0, 0.05) is 24.6 Å². The summed E-state index contributed by atoms with van der Waals surface area (Å²) < 4.78 is 6.21. The van der Waals surface area contributed by atoms with E-state index in [0.717, 1.165) is 31.4 Å². The van der Waals surface area contributed by atoms with E-state index in [4.69, 9.17) is 4.74 Å². The molecule has 0 fully saturated rings. The molecule has 1 aliphatic carbocycles. The van der Waals surface area contributed by atoms with Gasteiger partial charge in [-0.15, -0.1) is 6.58 Å². The minimum atomic E-state index is -0.544. The Morgan fingerprint density at radius 2 is 2.12 bits per heavy atom. The fourth-order valence-electron chi connectivity index (χ4n) is 5.46. The number of carbonyl (C=O) groups excluding carboxylic acids is 1. The highest BCUT2D eigenvalue weighted by Gasteiger charge is 2.65. The highest BCUT2D eigenvalue weighted by Crippen LogP contribution is 2.63. The first-order valence-electron chi connectivity index (χ1n) is 9.80. The van der Waals surface area contributed by atoms with Gasteiger partial charge in [0.05, 0.1) is 5.41 Å². The maximum absolute atomic E-state index is 12.9. The van der Waals surface area contributed by atoms with E-state index in [1.165, 1.54) is 5.56 Å². The molecule has 2 unspecified atom stereocenters. The number of ether oxygens (including phenoxy) is 1. The van der Waals surface area contributed by atoms with Crippen LogP contribution in [0.2, 0.25) is 0 Å². The fraction of sp³-hybridized carbons (Fsp3) is 0.591. The molecule has 0 bridgehead atoms. The van der Waals surface area contributed by atoms with Crippen LogP contribution in [0.5, 0.6) is 11.5 Å². The third kappa shape index (κ3) is 2.27. The summed E-state index contributed by atoms with van der Waals surface area (Å²) in [6.07, 6.45) is 4.34. The monoisotopic (exact) mass is 357 g/mol. The number of rotatable bonds is 7. The van der Waals surface area contributed by atoms with Crippen LogP contribution in [0.3, 0.4) is 0 Å². The van der Waals surface area contributed by atoms with E-state index < -0.39 is 11.5 Å². The normalized spacial score (nSPS) is 32.0. The molecule has 142 valence electrons. The molecule has 3 rings (SSSR count). The van der Waals surface area contributed by atoms with E-state index in [-0.39, 0.29) is 23.0 Å². The molecule has 1 aromatic carbocycles. The Hall–Kier alpha value is -1.81. The minimum absolute atomic E-state index is 0.109. The highest BCUT2D eigenvalue weighted by atomic mass is 16.5. The SMILES string of the molecule is C=CCN[C@@H]1Cc2ccc(O)c3c2C(CC)([C@H](C(=O)CC)O3)C1(C)CC. The summed E-state index contributed by atoms with van der Waals surface area (Å²) in [5, 5.41) is 14.1. The van der Waals surface area contributed by atoms with Crippen molar-refractivity contribution in [1.29, 1.82) is 0 Å². The number of hydrogen-bond acceptors (Lipinski definition) is 4. The van der Waals surface area contributed by atoms with Crippen molar-refractivity contribution in [3.05, 3.63) is 35.9 Å². The first-order chi connectivity index (χ1) is 12.4. The molecule has 2 aliphatic rings. The number of hydrogen-bond donors (Lipinski definition) is 2. The van der Waals surface area contributed by atoms with Gasteiger partial charge in [-0.1, -0.05) is 39.8 Å². The molecule has 0 aromatic heterocycles. The Bertz CT molecular complexity index is 728. The van der Waals surface area contributed by atoms with Crippen LogP contribution < -0.4 is 10.1 Å². The van der Waals surface area contributed by atoms with Crippen molar-refractivity contribution in [2.24, 2.45) is 5.41 Å². The van der Waals surface area contributed by atoms with Gasteiger partial charge in [0.2, 0.25) is 0 Å². The Morgan fingerprint density at radius 3 is 2.69 bits per heavy atom. The predicted octanol–water partition coefficient (Wildman–Crippen LogP) is 3.90. The zero-order valence-corrected chi connectivity index (χ0v) is 16.4. The van der Waals surface area contributed by atoms with Gasteiger partial charge in [-0.3, -0.25) is 4.79 Å². The van der Waals surface area contributed by atoms with E-state index >= 15 is 0 Å². The second-order valence-electron chi connectivity index (χ2n) is 7.82. The van der Waals surface area contributed by atoms with E-state index in [1.807, 2.05) is 19.1 Å². The van der Waals surface area contributed by atoms with Gasteiger partial charge in [0.25, 0.3) is 0 Å². The van der Waals surface area contributed by atoms with Crippen molar-refractivity contribution in [2.75, 3.05) is 6.54 Å². The molecule has 0 saturated heterocycles. The Kier molecular flexibility index (Phi) is 4.91. The van der Waals surface area contributed by atoms with E-state index in [0.29, 0.717) is 12.2 Å². The maximum atomic E-state index is 12.9. The zero-order valence-electron chi connectivity index (χ0n) is 16.4. The number of Topliss-reactive ketones (excluding diaryl/α,β-unsaturated/α-hetero) is 1. The summed E-state index contributed by atoms with van der Waals surface area (Å²) in [7, 11) is 0. The molecule has 1 heterocycles. The zero-order chi connectivity index (χ0) is 19.1. The Labute approximate surface area is 156 Å². The standard InChI is InChI=1S/C22H31NO3/c1-6-12-23-17-13-14-10-11-16(25)19-18(14)22(9-4,21(17,5)8-3)20(26-19)15(24)7-2/h6,10-11,17,20,23,25H,1,7-9,12-13H2,2-5H3/t17-,20+,21?,22?/m1/s1. The number of carbonyl (C=O) groups is 1. The van der Waals surface area contributed by atoms with Crippen LogP contribution in [-0.2, 0) is 16.6 Å². The number of ketones is 1. The molecular weight excluding hydrogens is 326 g/mol. The van der Waals surface area contributed by atoms with Crippen molar-refractivity contribution >= 4 is 5.78 Å². The van der Waals surface area contributed by atoms with Gasteiger partial charge in [-0.25, -0.2) is 0 Å². The van der Waals surface area contributed by atoms with E-state index in [9.17, 15) is 9.90 Å². The molecule has 26 heavy (non-hydrogen) atoms. The third-order valence-corrected chi connectivity index (χ3v) is 7.01. The summed E-state index contributed by atoms with van der Waals surface area (Å²) in [5.41, 5.74) is 1.63. The average molecular weight is 357 g/mol. The number of aromatic hydroxyl groups is 1. The quantitative estimate of drug-likeness (QED) is 0.727. The Balaban J connectivity index is 2.29. The summed E-state index contributed by atoms with van der Waals surface area (Å²) in [5.74, 6) is 0.777. The van der Waals surface area contributed by atoms with Gasteiger partial charge >= 0.3 is 0 Å². The van der Waals surface area contributed by atoms with Crippen molar-refractivity contribution in [1.82, 2.24) is 5.32 Å². The second-order valence-corrected chi connectivity index (χ2v) is 7.82. The summed E-state index contributed by atoms with van der Waals surface area (Å²) in [6.45, 7) is 13.1. The van der Waals surface area contributed by atoms with Crippen molar-refractivity contribution < 1.29 is 14.6 Å². The van der Waals surface area contributed by atoms with Crippen molar-refractivity contribution in [3.8, 4) is 11.5 Å². The average Bonchev–Trinajstić information content (AvgIpc) is 3.03. The molecule has 0 radical (unpaired) electrons. The third-order valence-electron chi connectivity index (χ3n) is 7.01. The lowest BCUT2D eigenvalue weighted by molar-refractivity contribution is -0.132. The molecule has 4 nitrogen and oxygen atoms in total.